The van der Waals surface area contributed by atoms with Crippen LogP contribution in [0.1, 0.15) is 6.92 Å². The van der Waals surface area contributed by atoms with Crippen LogP contribution < -0.4 is 19.6 Å². The summed E-state index contributed by atoms with van der Waals surface area (Å²) in [6.45, 7) is 1.04. The van der Waals surface area contributed by atoms with Gasteiger partial charge in [0.05, 0.1) is 19.8 Å². The number of aliphatic hydroxyl groups excluding tert-OH is 6. The second-order valence-corrected chi connectivity index (χ2v) is 9.96. The number of aliphatic hydroxyl groups is 6. The highest BCUT2D eigenvalue weighted by Gasteiger charge is 2.43. The number of hydrogen-bond donors (Lipinski definition) is 8. The van der Waals surface area contributed by atoms with Crippen molar-refractivity contribution < 1.29 is 69.0 Å². The van der Waals surface area contributed by atoms with Crippen LogP contribution in [0.25, 0.3) is 22.3 Å². The molecule has 3 heterocycles. The van der Waals surface area contributed by atoms with E-state index in [9.17, 15) is 45.6 Å². The molecule has 5 rings (SSSR count). The Labute approximate surface area is 236 Å². The lowest BCUT2D eigenvalue weighted by Gasteiger charge is -2.38. The van der Waals surface area contributed by atoms with Crippen molar-refractivity contribution in [2.75, 3.05) is 13.7 Å². The van der Waals surface area contributed by atoms with E-state index >= 15 is 0 Å². The topological polar surface area (TPSA) is 238 Å². The highest BCUT2D eigenvalue weighted by Crippen LogP contribution is 2.40. The molecule has 15 nitrogen and oxygen atoms in total. The van der Waals surface area contributed by atoms with E-state index in [1.165, 1.54) is 38.3 Å². The molecule has 2 aromatic carbocycles. The van der Waals surface area contributed by atoms with E-state index in [2.05, 4.69) is 0 Å². The van der Waals surface area contributed by atoms with E-state index in [0.717, 1.165) is 6.07 Å². The fraction of sp³-hybridized carbons (Fsp3) is 0.444. The Kier molecular flexibility index (Phi) is 8.19. The van der Waals surface area contributed by atoms with E-state index < -0.39 is 78.8 Å². The van der Waals surface area contributed by atoms with E-state index in [1.807, 2.05) is 0 Å². The predicted molar refractivity (Wildman–Crippen MR) is 139 cm³/mol. The van der Waals surface area contributed by atoms with Crippen molar-refractivity contribution >= 4 is 11.0 Å². The van der Waals surface area contributed by atoms with Crippen LogP contribution in [-0.2, 0) is 9.47 Å². The zero-order chi connectivity index (χ0) is 30.5. The quantitative estimate of drug-likeness (QED) is 0.169. The van der Waals surface area contributed by atoms with Gasteiger partial charge in [0.2, 0.25) is 23.8 Å². The molecule has 2 saturated heterocycles. The van der Waals surface area contributed by atoms with Gasteiger partial charge in [0.15, 0.2) is 17.3 Å². The first kappa shape index (κ1) is 29.8. The second kappa shape index (κ2) is 11.5. The molecular weight excluding hydrogens is 564 g/mol. The van der Waals surface area contributed by atoms with Crippen molar-refractivity contribution in [1.29, 1.82) is 0 Å². The molecule has 0 spiro atoms. The van der Waals surface area contributed by atoms with Crippen LogP contribution in [0.3, 0.4) is 0 Å². The first-order chi connectivity index (χ1) is 19.9. The zero-order valence-corrected chi connectivity index (χ0v) is 22.2. The van der Waals surface area contributed by atoms with E-state index in [1.54, 1.807) is 0 Å². The molecule has 0 aliphatic carbocycles. The summed E-state index contributed by atoms with van der Waals surface area (Å²) in [6, 6.07) is 6.17. The Hall–Kier alpha value is -3.67. The summed E-state index contributed by atoms with van der Waals surface area (Å²) in [6.07, 6.45) is -13.4. The van der Waals surface area contributed by atoms with Crippen molar-refractivity contribution in [3.63, 3.8) is 0 Å². The molecule has 2 fully saturated rings. The molecule has 8 N–H and O–H groups in total. The molecule has 0 unspecified atom stereocenters. The van der Waals surface area contributed by atoms with Gasteiger partial charge in [0.25, 0.3) is 0 Å². The average molecular weight is 595 g/mol. The predicted octanol–water partition coefficient (Wildman–Crippen LogP) is -1.10. The lowest BCUT2D eigenvalue weighted by Crippen LogP contribution is -2.58. The van der Waals surface area contributed by atoms with Crippen molar-refractivity contribution in [1.82, 2.24) is 0 Å². The summed E-state index contributed by atoms with van der Waals surface area (Å²) in [5.41, 5.74) is -1.02. The Morgan fingerprint density at radius 3 is 2.26 bits per heavy atom. The maximum absolute atomic E-state index is 13.7. The summed E-state index contributed by atoms with van der Waals surface area (Å²) in [7, 11) is 1.30. The van der Waals surface area contributed by atoms with Crippen LogP contribution in [0, 0.1) is 0 Å². The molecule has 3 aromatic rings. The average Bonchev–Trinajstić information content (AvgIpc) is 2.96. The minimum atomic E-state index is -1.77. The summed E-state index contributed by atoms with van der Waals surface area (Å²) in [5, 5.41) is 81.1. The van der Waals surface area contributed by atoms with E-state index in [4.69, 9.17) is 28.1 Å². The van der Waals surface area contributed by atoms with Gasteiger partial charge in [0.1, 0.15) is 59.1 Å². The number of aromatic hydroxyl groups is 2. The van der Waals surface area contributed by atoms with Gasteiger partial charge in [-0.05, 0) is 25.1 Å². The van der Waals surface area contributed by atoms with Gasteiger partial charge in [-0.3, -0.25) is 4.79 Å². The fourth-order valence-electron chi connectivity index (χ4n) is 4.69. The molecule has 1 aromatic heterocycles. The first-order valence-electron chi connectivity index (χ1n) is 12.8. The van der Waals surface area contributed by atoms with Crippen LogP contribution in [0.2, 0.25) is 0 Å². The number of benzene rings is 2. The maximum Gasteiger partial charge on any atom is 0.239 e. The summed E-state index contributed by atoms with van der Waals surface area (Å²) >= 11 is 0. The maximum atomic E-state index is 13.7. The standard InChI is InChI=1S/C27H30O15/c1-9-18(31)21(34)23(36)27(39-9)40-11-6-13(29)17-16(7-11)41-24(10-3-4-12(28)15(5-10)37-2)25(20(17)33)42-26-22(35)19(32)14(30)8-38-26/h3-7,9,14,18-19,21-23,26-32,34-36H,8H2,1-2H3/t9-,14-,18-,19-,21+,22+,23+,26-,27-/m0/s1. The Balaban J connectivity index is 1.61. The number of phenols is 2. The molecule has 228 valence electrons. The van der Waals surface area contributed by atoms with Crippen LogP contribution in [0.5, 0.6) is 28.7 Å². The molecule has 0 radical (unpaired) electrons. The largest absolute Gasteiger partial charge is 0.507 e. The van der Waals surface area contributed by atoms with Crippen molar-refractivity contribution in [2.24, 2.45) is 0 Å². The first-order valence-corrected chi connectivity index (χ1v) is 12.8. The zero-order valence-electron chi connectivity index (χ0n) is 22.2. The van der Waals surface area contributed by atoms with Gasteiger partial charge < -0.3 is 69.0 Å². The van der Waals surface area contributed by atoms with E-state index in [0.29, 0.717) is 0 Å². The number of phenolic OH excluding ortho intramolecular Hbond substituents is 2. The highest BCUT2D eigenvalue weighted by molar-refractivity contribution is 5.88. The minimum Gasteiger partial charge on any atom is -0.507 e. The van der Waals surface area contributed by atoms with Crippen LogP contribution in [0.4, 0.5) is 0 Å². The SMILES string of the molecule is COc1cc(-c2oc3cc(O[C@@H]4O[C@@H](C)[C@H](O)[C@@H](O)[C@H]4O)cc(O)c3c(=O)c2O[C@@H]2OC[C@H](O)[C@H](O)[C@H]2O)ccc1O. The summed E-state index contributed by atoms with van der Waals surface area (Å²) in [4.78, 5) is 13.7. The molecule has 42 heavy (non-hydrogen) atoms. The Morgan fingerprint density at radius 2 is 1.55 bits per heavy atom. The van der Waals surface area contributed by atoms with Gasteiger partial charge in [-0.1, -0.05) is 0 Å². The third-order valence-electron chi connectivity index (χ3n) is 7.10. The van der Waals surface area contributed by atoms with Crippen LogP contribution >= 0.6 is 0 Å². The third-order valence-corrected chi connectivity index (χ3v) is 7.10. The van der Waals surface area contributed by atoms with Crippen molar-refractivity contribution in [2.45, 2.75) is 62.2 Å². The van der Waals surface area contributed by atoms with Gasteiger partial charge >= 0.3 is 0 Å². The fourth-order valence-corrected chi connectivity index (χ4v) is 4.69. The number of ether oxygens (including phenoxy) is 5. The molecule has 15 heteroatoms. The number of hydrogen-bond acceptors (Lipinski definition) is 15. The number of methoxy groups -OCH3 is 1. The summed E-state index contributed by atoms with van der Waals surface area (Å²) in [5.74, 6) is -1.82. The molecule has 0 saturated carbocycles. The molecular formula is C27H30O15. The lowest BCUT2D eigenvalue weighted by atomic mass is 10.00. The highest BCUT2D eigenvalue weighted by atomic mass is 16.7. The normalized spacial score (nSPS) is 31.6. The molecule has 9 atom stereocenters. The van der Waals surface area contributed by atoms with Gasteiger partial charge in [-0.25, -0.2) is 0 Å². The molecule has 0 bridgehead atoms. The number of fused-ring (bicyclic) bond motifs is 1. The van der Waals surface area contributed by atoms with E-state index in [-0.39, 0.29) is 39.5 Å². The molecule has 0 amide bonds. The lowest BCUT2D eigenvalue weighted by molar-refractivity contribution is -0.268. The van der Waals surface area contributed by atoms with Gasteiger partial charge in [-0.15, -0.1) is 0 Å². The monoisotopic (exact) mass is 594 g/mol. The minimum absolute atomic E-state index is 0.00641. The van der Waals surface area contributed by atoms with Crippen molar-refractivity contribution in [3.05, 3.63) is 40.6 Å². The van der Waals surface area contributed by atoms with Gasteiger partial charge in [0, 0.05) is 17.7 Å². The molecule has 2 aliphatic rings. The van der Waals surface area contributed by atoms with Crippen LogP contribution in [0.15, 0.2) is 39.5 Å². The Bertz CT molecular complexity index is 1510. The third kappa shape index (κ3) is 5.32. The van der Waals surface area contributed by atoms with Gasteiger partial charge in [-0.2, -0.15) is 0 Å². The Morgan fingerprint density at radius 1 is 0.833 bits per heavy atom. The second-order valence-electron chi connectivity index (χ2n) is 9.96. The van der Waals surface area contributed by atoms with Crippen LogP contribution in [-0.4, -0.2) is 110 Å². The van der Waals surface area contributed by atoms with Crippen molar-refractivity contribution in [3.8, 4) is 40.1 Å². The smallest absolute Gasteiger partial charge is 0.239 e. The molecule has 2 aliphatic heterocycles. The summed E-state index contributed by atoms with van der Waals surface area (Å²) < 4.78 is 33.1. The number of rotatable bonds is 6.